The average molecular weight is 584 g/mol. The second-order valence-electron chi connectivity index (χ2n) is 11.5. The van der Waals surface area contributed by atoms with Crippen molar-refractivity contribution in [2.45, 2.75) is 95.9 Å². The number of esters is 1. The predicted molar refractivity (Wildman–Crippen MR) is 144 cm³/mol. The molecule has 3 aliphatic heterocycles. The minimum Gasteiger partial charge on any atom is -0.457 e. The predicted octanol–water partition coefficient (Wildman–Crippen LogP) is -0.424. The molecule has 0 radical (unpaired) electrons. The van der Waals surface area contributed by atoms with E-state index in [1.165, 1.54) is 37.4 Å². The van der Waals surface area contributed by atoms with Gasteiger partial charge in [-0.2, -0.15) is 0 Å². The van der Waals surface area contributed by atoms with Gasteiger partial charge < -0.3 is 41.3 Å². The molecule has 1 unspecified atom stereocenters. The molecule has 15 nitrogen and oxygen atoms in total. The molecule has 0 spiro atoms. The second-order valence-corrected chi connectivity index (χ2v) is 12.4. The zero-order valence-corrected chi connectivity index (χ0v) is 24.6. The van der Waals surface area contributed by atoms with Gasteiger partial charge in [-0.25, -0.2) is 14.5 Å². The van der Waals surface area contributed by atoms with Crippen molar-refractivity contribution in [2.24, 2.45) is 10.9 Å². The van der Waals surface area contributed by atoms with Gasteiger partial charge in [0, 0.05) is 12.0 Å². The SMILES string of the molecule is C[C@H](N)C(=O)NC[C@H]1NC(=O)[C@H]1NC(=O)/C(=N\OC(C)(C)C(=O)OC(C)(C)C)C1=CSC(N2C(=O)OC2(C)C)N1. The van der Waals surface area contributed by atoms with E-state index in [9.17, 15) is 24.0 Å². The third kappa shape index (κ3) is 6.96. The van der Waals surface area contributed by atoms with Crippen LogP contribution in [0.25, 0.3) is 0 Å². The van der Waals surface area contributed by atoms with Gasteiger partial charge in [0.15, 0.2) is 16.9 Å². The third-order valence-corrected chi connectivity index (χ3v) is 6.84. The van der Waals surface area contributed by atoms with E-state index in [2.05, 4.69) is 26.4 Å². The Kier molecular flexibility index (Phi) is 8.65. The van der Waals surface area contributed by atoms with E-state index in [0.717, 1.165) is 0 Å². The largest absolute Gasteiger partial charge is 0.457 e. The highest BCUT2D eigenvalue weighted by Crippen LogP contribution is 2.37. The van der Waals surface area contributed by atoms with Gasteiger partial charge >= 0.3 is 12.1 Å². The number of thioether (sulfide) groups is 1. The zero-order valence-electron chi connectivity index (χ0n) is 23.7. The number of carbonyl (C=O) groups excluding carboxylic acids is 5. The van der Waals surface area contributed by atoms with Crippen molar-refractivity contribution in [1.29, 1.82) is 0 Å². The number of cyclic esters (lactones) is 1. The fourth-order valence-corrected chi connectivity index (χ4v) is 4.72. The summed E-state index contributed by atoms with van der Waals surface area (Å²) < 4.78 is 10.5. The molecule has 4 atom stereocenters. The standard InChI is InChI=1S/C24H37N7O8S/c1-11(25)16(32)26-9-12-14(17(33)27-12)29-18(34)15(30-39-23(5,6)19(35)37-22(2,3)4)13-10-40-20(28-13)31-21(36)38-24(31,7)8/h10-12,14,20,28H,9,25H2,1-8H3,(H,26,32)(H,27,33)(H,29,34)/b30-15-/t11-,12+,14-,20?/m0/s1. The van der Waals surface area contributed by atoms with E-state index < -0.39 is 70.3 Å². The quantitative estimate of drug-likeness (QED) is 0.0967. The van der Waals surface area contributed by atoms with E-state index in [1.807, 2.05) is 0 Å². The Morgan fingerprint density at radius 2 is 1.88 bits per heavy atom. The summed E-state index contributed by atoms with van der Waals surface area (Å²) in [4.78, 5) is 69.2. The van der Waals surface area contributed by atoms with E-state index in [4.69, 9.17) is 20.0 Å². The second kappa shape index (κ2) is 11.2. The van der Waals surface area contributed by atoms with Crippen molar-refractivity contribution in [3.05, 3.63) is 11.1 Å². The van der Waals surface area contributed by atoms with Crippen LogP contribution in [0.4, 0.5) is 4.79 Å². The van der Waals surface area contributed by atoms with Crippen molar-refractivity contribution < 1.29 is 38.3 Å². The van der Waals surface area contributed by atoms with Gasteiger partial charge in [0.25, 0.3) is 5.91 Å². The smallest absolute Gasteiger partial charge is 0.417 e. The fourth-order valence-electron chi connectivity index (χ4n) is 3.62. The van der Waals surface area contributed by atoms with Crippen molar-refractivity contribution >= 4 is 47.3 Å². The first-order chi connectivity index (χ1) is 18.3. The van der Waals surface area contributed by atoms with Crippen LogP contribution >= 0.6 is 11.8 Å². The minimum atomic E-state index is -1.58. The molecule has 0 aromatic rings. The Morgan fingerprint density at radius 3 is 2.40 bits per heavy atom. The average Bonchev–Trinajstić information content (AvgIpc) is 3.26. The lowest BCUT2D eigenvalue weighted by molar-refractivity contribution is -0.179. The molecule has 0 aromatic carbocycles. The number of β-lactam (4-membered cyclic amide) rings is 1. The fraction of sp³-hybridized carbons (Fsp3) is 0.667. The Bertz CT molecular complexity index is 1140. The molecular formula is C24H37N7O8S. The zero-order chi connectivity index (χ0) is 30.2. The van der Waals surface area contributed by atoms with Crippen LogP contribution in [0.2, 0.25) is 0 Å². The summed E-state index contributed by atoms with van der Waals surface area (Å²) in [6.45, 7) is 12.9. The molecule has 3 rings (SSSR count). The molecule has 0 bridgehead atoms. The van der Waals surface area contributed by atoms with Gasteiger partial charge in [-0.3, -0.25) is 14.4 Å². The molecule has 0 aliphatic carbocycles. The summed E-state index contributed by atoms with van der Waals surface area (Å²) in [5, 5.41) is 16.4. The molecule has 0 aromatic heterocycles. The summed E-state index contributed by atoms with van der Waals surface area (Å²) in [6, 6.07) is -2.32. The van der Waals surface area contributed by atoms with Crippen LogP contribution in [-0.4, -0.2) is 87.5 Å². The van der Waals surface area contributed by atoms with Crippen molar-refractivity contribution in [3.8, 4) is 0 Å². The number of nitrogens with one attached hydrogen (secondary N) is 4. The molecule has 2 fully saturated rings. The molecule has 4 amide bonds. The topological polar surface area (TPSA) is 203 Å². The van der Waals surface area contributed by atoms with Crippen LogP contribution in [0.15, 0.2) is 16.3 Å². The Morgan fingerprint density at radius 1 is 1.23 bits per heavy atom. The number of oxime groups is 1. The van der Waals surface area contributed by atoms with E-state index in [0.29, 0.717) is 0 Å². The summed E-state index contributed by atoms with van der Waals surface area (Å²) in [5.41, 5.74) is 1.60. The van der Waals surface area contributed by atoms with Crippen LogP contribution in [-0.2, 0) is 33.5 Å². The first kappa shape index (κ1) is 31.0. The molecule has 16 heteroatoms. The van der Waals surface area contributed by atoms with Gasteiger partial charge in [0.05, 0.1) is 17.8 Å². The lowest BCUT2D eigenvalue weighted by Crippen LogP contribution is -2.72. The van der Waals surface area contributed by atoms with Gasteiger partial charge in [-0.05, 0) is 55.4 Å². The van der Waals surface area contributed by atoms with Gasteiger partial charge in [-0.1, -0.05) is 16.9 Å². The molecule has 222 valence electrons. The lowest BCUT2D eigenvalue weighted by Gasteiger charge is -2.48. The highest BCUT2D eigenvalue weighted by molar-refractivity contribution is 8.03. The van der Waals surface area contributed by atoms with Crippen LogP contribution in [0.5, 0.6) is 0 Å². The van der Waals surface area contributed by atoms with E-state index in [-0.39, 0.29) is 18.0 Å². The number of hydrogen-bond donors (Lipinski definition) is 5. The van der Waals surface area contributed by atoms with Crippen molar-refractivity contribution in [1.82, 2.24) is 26.2 Å². The van der Waals surface area contributed by atoms with Crippen LogP contribution in [0.3, 0.4) is 0 Å². The molecule has 40 heavy (non-hydrogen) atoms. The Labute approximate surface area is 236 Å². The number of rotatable bonds is 10. The number of hydrogen-bond acceptors (Lipinski definition) is 12. The lowest BCUT2D eigenvalue weighted by atomic mass is 9.98. The maximum absolute atomic E-state index is 13.4. The minimum absolute atomic E-state index is 0.0384. The maximum atomic E-state index is 13.4. The number of carbonyl (C=O) groups is 5. The van der Waals surface area contributed by atoms with Crippen LogP contribution in [0, 0.1) is 0 Å². The van der Waals surface area contributed by atoms with Crippen LogP contribution in [0.1, 0.15) is 55.4 Å². The summed E-state index contributed by atoms with van der Waals surface area (Å²) in [5.74, 6) is -2.39. The molecule has 0 saturated carbocycles. The number of amides is 4. The van der Waals surface area contributed by atoms with Gasteiger partial charge in [0.1, 0.15) is 11.6 Å². The molecule has 3 heterocycles. The van der Waals surface area contributed by atoms with E-state index in [1.54, 1.807) is 40.0 Å². The normalized spacial score (nSPS) is 24.7. The highest BCUT2D eigenvalue weighted by atomic mass is 32.2. The molecule has 3 aliphatic rings. The number of nitrogens with zero attached hydrogens (tertiary/aromatic N) is 2. The highest BCUT2D eigenvalue weighted by Gasteiger charge is 2.52. The van der Waals surface area contributed by atoms with Gasteiger partial charge in [-0.15, -0.1) is 0 Å². The maximum Gasteiger partial charge on any atom is 0.417 e. The molecular weight excluding hydrogens is 546 g/mol. The Balaban J connectivity index is 1.79. The van der Waals surface area contributed by atoms with Crippen LogP contribution < -0.4 is 27.0 Å². The summed E-state index contributed by atoms with van der Waals surface area (Å²) in [7, 11) is 0. The first-order valence-corrected chi connectivity index (χ1v) is 13.6. The van der Waals surface area contributed by atoms with E-state index >= 15 is 0 Å². The first-order valence-electron chi connectivity index (χ1n) is 12.6. The summed E-state index contributed by atoms with van der Waals surface area (Å²) >= 11 is 1.19. The molecule has 2 saturated heterocycles. The summed E-state index contributed by atoms with van der Waals surface area (Å²) in [6.07, 6.45) is -0.544. The number of ether oxygens (including phenoxy) is 2. The third-order valence-electron chi connectivity index (χ3n) is 5.88. The monoisotopic (exact) mass is 583 g/mol. The van der Waals surface area contributed by atoms with Crippen molar-refractivity contribution in [2.75, 3.05) is 6.54 Å². The van der Waals surface area contributed by atoms with Crippen molar-refractivity contribution in [3.63, 3.8) is 0 Å². The number of nitrogens with two attached hydrogens (primary N) is 1. The Hall–Kier alpha value is -3.53. The van der Waals surface area contributed by atoms with Gasteiger partial charge in [0.2, 0.25) is 17.4 Å². The molecule has 6 N–H and O–H groups in total.